The fourth-order valence-electron chi connectivity index (χ4n) is 7.07. The maximum absolute atomic E-state index is 14.5. The predicted molar refractivity (Wildman–Crippen MR) is 166 cm³/mol. The number of aliphatic hydroxyl groups is 1. The zero-order valence-corrected chi connectivity index (χ0v) is 25.6. The van der Waals surface area contributed by atoms with Crippen LogP contribution in [0.5, 0.6) is 0 Å². The second kappa shape index (κ2) is 12.8. The molecule has 6 rings (SSSR count). The van der Waals surface area contributed by atoms with E-state index >= 15 is 0 Å². The number of nitrogens with zero attached hydrogens (tertiary/aromatic N) is 2. The summed E-state index contributed by atoms with van der Waals surface area (Å²) in [7, 11) is 0. The third-order valence-corrected chi connectivity index (χ3v) is 9.36. The van der Waals surface area contributed by atoms with Gasteiger partial charge in [-0.15, -0.1) is 0 Å². The van der Waals surface area contributed by atoms with Crippen molar-refractivity contribution in [2.75, 3.05) is 24.6 Å². The van der Waals surface area contributed by atoms with Crippen LogP contribution in [-0.4, -0.2) is 77.2 Å². The summed E-state index contributed by atoms with van der Waals surface area (Å²) in [6, 6.07) is 14.4. The molecule has 0 aromatic heterocycles. The van der Waals surface area contributed by atoms with Crippen LogP contribution in [0.1, 0.15) is 37.9 Å². The summed E-state index contributed by atoms with van der Waals surface area (Å²) < 4.78 is 12.9. The van der Waals surface area contributed by atoms with Gasteiger partial charge >= 0.3 is 5.97 Å². The lowest BCUT2D eigenvalue weighted by molar-refractivity contribution is -0.161. The molecule has 3 amide bonds. The van der Waals surface area contributed by atoms with Crippen LogP contribution in [0.4, 0.5) is 5.69 Å². The zero-order valence-electron chi connectivity index (χ0n) is 24.9. The van der Waals surface area contributed by atoms with Gasteiger partial charge in [-0.05, 0) is 37.5 Å². The smallest absolute Gasteiger partial charge is 0.313 e. The number of likely N-dealkylation sites (tertiary alicyclic amines) is 1. The number of hydrogen-bond donors (Lipinski definition) is 2. The van der Waals surface area contributed by atoms with E-state index in [1.807, 2.05) is 30.3 Å². The van der Waals surface area contributed by atoms with Crippen LogP contribution in [0.3, 0.4) is 0 Å². The number of nitrogens with one attached hydrogen (secondary N) is 1. The molecule has 0 saturated carbocycles. The first-order valence-corrected chi connectivity index (χ1v) is 15.7. The van der Waals surface area contributed by atoms with E-state index in [0.717, 1.165) is 0 Å². The minimum atomic E-state index is -1.49. The van der Waals surface area contributed by atoms with E-state index < -0.39 is 59.5 Å². The van der Waals surface area contributed by atoms with Gasteiger partial charge in [-0.1, -0.05) is 78.4 Å². The lowest BCUT2D eigenvalue weighted by Crippen LogP contribution is -2.55. The number of amides is 3. The van der Waals surface area contributed by atoms with Crippen LogP contribution >= 0.6 is 11.6 Å². The molecule has 4 heterocycles. The number of carbonyl (C=O) groups excluding carboxylic acids is 4. The fourth-order valence-corrected chi connectivity index (χ4v) is 7.31. The SMILES string of the molecule is C[C@@H]1NC(=O)CC/C=C\[C@@H]2O[C@@]34C=CCN(c5ccccc5Cl)C(=O)[C@@H]3N(CCCO)C(=O)[C@H]4[C@@H]2C(=O)O[C@H]1c1ccccc1. The van der Waals surface area contributed by atoms with Gasteiger partial charge in [-0.3, -0.25) is 19.2 Å². The van der Waals surface area contributed by atoms with Crippen molar-refractivity contribution < 1.29 is 33.8 Å². The van der Waals surface area contributed by atoms with Gasteiger partial charge in [-0.25, -0.2) is 0 Å². The summed E-state index contributed by atoms with van der Waals surface area (Å²) in [5.41, 5.74) is -0.304. The molecule has 0 aliphatic carbocycles. The lowest BCUT2D eigenvalue weighted by atomic mass is 9.77. The van der Waals surface area contributed by atoms with Crippen LogP contribution in [-0.2, 0) is 28.7 Å². The number of ether oxygens (including phenoxy) is 2. The average Bonchev–Trinajstić information content (AvgIpc) is 3.41. The molecule has 0 bridgehead atoms. The van der Waals surface area contributed by atoms with Gasteiger partial charge in [0, 0.05) is 26.1 Å². The Morgan fingerprint density at radius 1 is 1.02 bits per heavy atom. The molecule has 2 N–H and O–H groups in total. The van der Waals surface area contributed by atoms with Crippen LogP contribution in [0.15, 0.2) is 78.9 Å². The number of cyclic esters (lactones) is 1. The van der Waals surface area contributed by atoms with E-state index in [-0.39, 0.29) is 38.4 Å². The normalized spacial score (nSPS) is 32.4. The largest absolute Gasteiger partial charge is 0.455 e. The molecule has 4 aliphatic heterocycles. The highest BCUT2D eigenvalue weighted by Crippen LogP contribution is 2.53. The third-order valence-electron chi connectivity index (χ3n) is 9.04. The van der Waals surface area contributed by atoms with E-state index in [0.29, 0.717) is 22.7 Å². The Kier molecular flexibility index (Phi) is 8.81. The number of hydrogen-bond acceptors (Lipinski definition) is 7. The van der Waals surface area contributed by atoms with E-state index in [1.165, 1.54) is 9.80 Å². The molecule has 11 heteroatoms. The first-order valence-electron chi connectivity index (χ1n) is 15.3. The number of esters is 1. The van der Waals surface area contributed by atoms with Crippen LogP contribution < -0.4 is 10.2 Å². The molecular formula is C34H36ClN3O7. The average molecular weight is 634 g/mol. The molecule has 10 nitrogen and oxygen atoms in total. The van der Waals surface area contributed by atoms with E-state index in [1.54, 1.807) is 55.5 Å². The Labute approximate surface area is 266 Å². The Morgan fingerprint density at radius 3 is 2.53 bits per heavy atom. The number of rotatable bonds is 5. The molecule has 1 spiro atoms. The van der Waals surface area contributed by atoms with Crippen molar-refractivity contribution in [1.29, 1.82) is 0 Å². The Bertz CT molecular complexity index is 1530. The third kappa shape index (κ3) is 5.55. The van der Waals surface area contributed by atoms with Gasteiger partial charge in [0.1, 0.15) is 23.7 Å². The highest BCUT2D eigenvalue weighted by atomic mass is 35.5. The molecule has 2 fully saturated rings. The molecule has 2 aromatic rings. The summed E-state index contributed by atoms with van der Waals surface area (Å²) >= 11 is 6.51. The van der Waals surface area contributed by atoms with E-state index in [2.05, 4.69) is 5.32 Å². The second-order valence-electron chi connectivity index (χ2n) is 11.8. The van der Waals surface area contributed by atoms with Crippen LogP contribution in [0.2, 0.25) is 5.02 Å². The van der Waals surface area contributed by atoms with Crippen molar-refractivity contribution in [3.8, 4) is 0 Å². The van der Waals surface area contributed by atoms with Crippen molar-refractivity contribution in [2.24, 2.45) is 11.8 Å². The lowest BCUT2D eigenvalue weighted by Gasteiger charge is -2.35. The summed E-state index contributed by atoms with van der Waals surface area (Å²) in [4.78, 5) is 58.9. The Morgan fingerprint density at radius 2 is 1.78 bits per heavy atom. The number of benzene rings is 2. The molecular weight excluding hydrogens is 598 g/mol. The van der Waals surface area contributed by atoms with Gasteiger partial charge in [-0.2, -0.15) is 0 Å². The monoisotopic (exact) mass is 633 g/mol. The zero-order chi connectivity index (χ0) is 31.7. The Hall–Kier alpha value is -3.99. The molecule has 4 aliphatic rings. The van der Waals surface area contributed by atoms with Gasteiger partial charge in [0.15, 0.2) is 0 Å². The van der Waals surface area contributed by atoms with Gasteiger partial charge in [0.25, 0.3) is 5.91 Å². The number of allylic oxidation sites excluding steroid dienone is 1. The summed E-state index contributed by atoms with van der Waals surface area (Å²) in [6.45, 7) is 1.86. The maximum atomic E-state index is 14.5. The number of carbonyl (C=O) groups is 4. The van der Waals surface area contributed by atoms with E-state index in [9.17, 15) is 24.3 Å². The second-order valence-corrected chi connectivity index (χ2v) is 12.3. The van der Waals surface area contributed by atoms with Gasteiger partial charge < -0.3 is 29.7 Å². The predicted octanol–water partition coefficient (Wildman–Crippen LogP) is 3.35. The molecule has 0 unspecified atom stereocenters. The fraction of sp³-hybridized carbons (Fsp3) is 0.412. The first-order chi connectivity index (χ1) is 21.8. The minimum Gasteiger partial charge on any atom is -0.455 e. The van der Waals surface area contributed by atoms with Crippen molar-refractivity contribution in [3.05, 3.63) is 89.5 Å². The highest BCUT2D eigenvalue weighted by molar-refractivity contribution is 6.34. The number of fused-ring (bicyclic) bond motifs is 2. The number of anilines is 1. The minimum absolute atomic E-state index is 0.0928. The van der Waals surface area contributed by atoms with Crippen LogP contribution in [0, 0.1) is 11.8 Å². The number of para-hydroxylation sites is 1. The Balaban J connectivity index is 1.44. The maximum Gasteiger partial charge on any atom is 0.313 e. The topological polar surface area (TPSA) is 125 Å². The number of halogens is 1. The molecule has 7 atom stereocenters. The van der Waals surface area contributed by atoms with Gasteiger partial charge in [0.05, 0.1) is 28.8 Å². The summed E-state index contributed by atoms with van der Waals surface area (Å²) in [5, 5.41) is 13.0. The molecule has 236 valence electrons. The highest BCUT2D eigenvalue weighted by Gasteiger charge is 2.71. The standard InChI is InChI=1S/C34H36ClN3O7/c1-21-29(22-11-3-2-4-12-22)44-33(43)27-25(15-7-8-16-26(40)36-21)45-34-17-9-18-37(24-14-6-5-13-23(24)35)32(42)30(34)38(19-10-20-39)31(41)28(27)34/h2-7,9,11-15,17,21,25,27-30,39H,8,10,16,18-20H2,1H3,(H,36,40)/b15-7-/t21-,25-,27+,28+,29+,30-,34+/m0/s1. The van der Waals surface area contributed by atoms with Crippen molar-refractivity contribution >= 4 is 41.0 Å². The van der Waals surface area contributed by atoms with Crippen molar-refractivity contribution in [1.82, 2.24) is 10.2 Å². The molecule has 0 radical (unpaired) electrons. The molecule has 2 aromatic carbocycles. The molecule has 45 heavy (non-hydrogen) atoms. The van der Waals surface area contributed by atoms with E-state index in [4.69, 9.17) is 21.1 Å². The quantitative estimate of drug-likeness (QED) is 0.382. The van der Waals surface area contributed by atoms with Crippen LogP contribution in [0.25, 0.3) is 0 Å². The summed E-state index contributed by atoms with van der Waals surface area (Å²) in [5.74, 6) is -3.81. The van der Waals surface area contributed by atoms with Gasteiger partial charge in [0.2, 0.25) is 11.8 Å². The van der Waals surface area contributed by atoms with Crippen molar-refractivity contribution in [3.63, 3.8) is 0 Å². The summed E-state index contributed by atoms with van der Waals surface area (Å²) in [6.07, 6.45) is 6.10. The van der Waals surface area contributed by atoms with Crippen molar-refractivity contribution in [2.45, 2.75) is 56.1 Å². The molecule has 2 saturated heterocycles. The first kappa shape index (κ1) is 31.0. The number of aliphatic hydroxyl groups excluding tert-OH is 1.